The van der Waals surface area contributed by atoms with Crippen molar-refractivity contribution < 1.29 is 25.2 Å². The van der Waals surface area contributed by atoms with E-state index in [2.05, 4.69) is 43.5 Å². The fourth-order valence-electron chi connectivity index (χ4n) is 6.62. The lowest BCUT2D eigenvalue weighted by atomic mass is 10.00. The lowest BCUT2D eigenvalue weighted by Gasteiger charge is -2.27. The summed E-state index contributed by atoms with van der Waals surface area (Å²) in [6.07, 6.45) is 44.0. The highest BCUT2D eigenvalue weighted by atomic mass is 16.3. The molecule has 0 rings (SSSR count). The minimum absolute atomic E-state index is 0.363. The summed E-state index contributed by atoms with van der Waals surface area (Å²) in [6, 6.07) is -0.997. The third-order valence-corrected chi connectivity index (χ3v) is 10.1. The summed E-state index contributed by atoms with van der Waals surface area (Å²) in [6.45, 7) is 3.95. The zero-order chi connectivity index (χ0) is 36.8. The van der Waals surface area contributed by atoms with Gasteiger partial charge in [0.05, 0.1) is 18.8 Å². The van der Waals surface area contributed by atoms with Crippen molar-refractivity contribution in [3.8, 4) is 0 Å². The van der Waals surface area contributed by atoms with E-state index in [0.29, 0.717) is 19.3 Å². The molecule has 0 saturated heterocycles. The molecule has 0 spiro atoms. The third-order valence-electron chi connectivity index (χ3n) is 10.1. The number of unbranched alkanes of at least 4 members (excludes halogenated alkanes) is 26. The molecule has 0 aromatic rings. The van der Waals surface area contributed by atoms with E-state index < -0.39 is 36.9 Å². The molecule has 0 aliphatic rings. The SMILES string of the molecule is CCCC/C=C/CCCC(O)C(O)C(CO)NC(=O)C(O)CCCCCCCCCCCCC/C=C\CCCCCCCCCCCCCC. The van der Waals surface area contributed by atoms with E-state index in [-0.39, 0.29) is 0 Å². The number of carbonyl (C=O) groups is 1. The molecule has 0 aromatic carbocycles. The van der Waals surface area contributed by atoms with Gasteiger partial charge in [0.25, 0.3) is 0 Å². The molecule has 4 atom stereocenters. The summed E-state index contributed by atoms with van der Waals surface area (Å²) >= 11 is 0. The molecule has 0 heterocycles. The number of nitrogens with one attached hydrogen (secondary N) is 1. The number of amides is 1. The van der Waals surface area contributed by atoms with Crippen LogP contribution in [0.25, 0.3) is 0 Å². The maximum absolute atomic E-state index is 12.4. The van der Waals surface area contributed by atoms with Crippen LogP contribution in [0.1, 0.15) is 219 Å². The Hall–Kier alpha value is -1.21. The Morgan fingerprint density at radius 1 is 0.480 bits per heavy atom. The molecule has 6 heteroatoms. The standard InChI is InChI=1S/C44H85NO5/c1-3-5-7-9-11-12-13-14-15-16-17-18-19-20-21-22-23-24-25-26-27-28-29-30-32-34-36-38-42(48)44(50)45-40(39-46)43(49)41(47)37-35-33-31-10-8-6-4-2/h10,20-21,31,40-43,46-49H,3-9,11-19,22-30,32-39H2,1-2H3,(H,45,50)/b21-20-,31-10+. The quantitative estimate of drug-likeness (QED) is 0.0323. The first-order valence-electron chi connectivity index (χ1n) is 21.7. The molecular weight excluding hydrogens is 622 g/mol. The minimum atomic E-state index is -1.28. The summed E-state index contributed by atoms with van der Waals surface area (Å²) < 4.78 is 0. The van der Waals surface area contributed by atoms with Gasteiger partial charge in [-0.2, -0.15) is 0 Å². The smallest absolute Gasteiger partial charge is 0.249 e. The number of allylic oxidation sites excluding steroid dienone is 4. The van der Waals surface area contributed by atoms with Crippen molar-refractivity contribution >= 4 is 5.91 Å². The number of carbonyl (C=O) groups excluding carboxylic acids is 1. The third kappa shape index (κ3) is 32.7. The van der Waals surface area contributed by atoms with Gasteiger partial charge in [-0.3, -0.25) is 4.79 Å². The first kappa shape index (κ1) is 48.8. The molecule has 0 saturated carbocycles. The van der Waals surface area contributed by atoms with Gasteiger partial charge in [-0.15, -0.1) is 0 Å². The van der Waals surface area contributed by atoms with Crippen molar-refractivity contribution in [1.29, 1.82) is 0 Å². The highest BCUT2D eigenvalue weighted by Gasteiger charge is 2.28. The van der Waals surface area contributed by atoms with Crippen LogP contribution in [-0.4, -0.2) is 57.3 Å². The predicted octanol–water partition coefficient (Wildman–Crippen LogP) is 11.2. The Labute approximate surface area is 310 Å². The van der Waals surface area contributed by atoms with Crippen LogP contribution in [0.2, 0.25) is 0 Å². The summed E-state index contributed by atoms with van der Waals surface area (Å²) in [5, 5.41) is 43.2. The second kappa shape index (κ2) is 39.0. The average molecular weight is 708 g/mol. The van der Waals surface area contributed by atoms with E-state index in [0.717, 1.165) is 38.5 Å². The number of hydrogen-bond donors (Lipinski definition) is 5. The van der Waals surface area contributed by atoms with Crippen LogP contribution < -0.4 is 5.32 Å². The van der Waals surface area contributed by atoms with Gasteiger partial charge in [0, 0.05) is 0 Å². The summed E-state index contributed by atoms with van der Waals surface area (Å²) in [7, 11) is 0. The highest BCUT2D eigenvalue weighted by molar-refractivity contribution is 5.80. The second-order valence-corrected chi connectivity index (χ2v) is 15.0. The van der Waals surface area contributed by atoms with Gasteiger partial charge < -0.3 is 25.7 Å². The molecular formula is C44H85NO5. The fourth-order valence-corrected chi connectivity index (χ4v) is 6.62. The summed E-state index contributed by atoms with van der Waals surface area (Å²) in [5.74, 6) is -0.597. The maximum Gasteiger partial charge on any atom is 0.249 e. The van der Waals surface area contributed by atoms with E-state index in [1.807, 2.05) is 0 Å². The topological polar surface area (TPSA) is 110 Å². The van der Waals surface area contributed by atoms with Crippen LogP contribution in [0.4, 0.5) is 0 Å². The molecule has 0 aromatic heterocycles. The Morgan fingerprint density at radius 3 is 1.26 bits per heavy atom. The maximum atomic E-state index is 12.4. The first-order valence-corrected chi connectivity index (χ1v) is 21.7. The van der Waals surface area contributed by atoms with Crippen molar-refractivity contribution in [3.05, 3.63) is 24.3 Å². The second-order valence-electron chi connectivity index (χ2n) is 15.0. The van der Waals surface area contributed by atoms with Crippen molar-refractivity contribution in [2.45, 2.75) is 244 Å². The molecule has 296 valence electrons. The molecule has 5 N–H and O–H groups in total. The summed E-state index contributed by atoms with van der Waals surface area (Å²) in [5.41, 5.74) is 0. The summed E-state index contributed by atoms with van der Waals surface area (Å²) in [4.78, 5) is 12.4. The van der Waals surface area contributed by atoms with Gasteiger partial charge in [-0.05, 0) is 57.8 Å². The Morgan fingerprint density at radius 2 is 0.840 bits per heavy atom. The zero-order valence-corrected chi connectivity index (χ0v) is 33.2. The Kier molecular flexibility index (Phi) is 38.1. The highest BCUT2D eigenvalue weighted by Crippen LogP contribution is 2.16. The van der Waals surface area contributed by atoms with Crippen molar-refractivity contribution in [2.75, 3.05) is 6.61 Å². The van der Waals surface area contributed by atoms with E-state index in [1.165, 1.54) is 148 Å². The monoisotopic (exact) mass is 708 g/mol. The molecule has 6 nitrogen and oxygen atoms in total. The molecule has 0 aliphatic heterocycles. The van der Waals surface area contributed by atoms with Crippen molar-refractivity contribution in [2.24, 2.45) is 0 Å². The lowest BCUT2D eigenvalue weighted by Crippen LogP contribution is -2.53. The van der Waals surface area contributed by atoms with Crippen molar-refractivity contribution in [3.63, 3.8) is 0 Å². The molecule has 0 fully saturated rings. The van der Waals surface area contributed by atoms with Crippen LogP contribution in [0.3, 0.4) is 0 Å². The number of aliphatic hydroxyl groups excluding tert-OH is 4. The Bertz CT molecular complexity index is 757. The van der Waals surface area contributed by atoms with Gasteiger partial charge >= 0.3 is 0 Å². The molecule has 0 aliphatic carbocycles. The molecule has 50 heavy (non-hydrogen) atoms. The van der Waals surface area contributed by atoms with E-state index in [4.69, 9.17) is 0 Å². The molecule has 1 amide bonds. The average Bonchev–Trinajstić information content (AvgIpc) is 3.12. The fraction of sp³-hybridized carbons (Fsp3) is 0.886. The van der Waals surface area contributed by atoms with Gasteiger partial charge in [0.1, 0.15) is 12.2 Å². The van der Waals surface area contributed by atoms with Crippen LogP contribution >= 0.6 is 0 Å². The Balaban J connectivity index is 3.59. The minimum Gasteiger partial charge on any atom is -0.394 e. The van der Waals surface area contributed by atoms with Crippen LogP contribution in [0.15, 0.2) is 24.3 Å². The number of rotatable bonds is 39. The van der Waals surface area contributed by atoms with Crippen LogP contribution in [-0.2, 0) is 4.79 Å². The van der Waals surface area contributed by atoms with E-state index in [9.17, 15) is 25.2 Å². The van der Waals surface area contributed by atoms with E-state index in [1.54, 1.807) is 0 Å². The van der Waals surface area contributed by atoms with Crippen LogP contribution in [0, 0.1) is 0 Å². The van der Waals surface area contributed by atoms with E-state index >= 15 is 0 Å². The number of hydrogen-bond acceptors (Lipinski definition) is 5. The van der Waals surface area contributed by atoms with Gasteiger partial charge in [-0.25, -0.2) is 0 Å². The first-order chi connectivity index (χ1) is 24.5. The normalized spacial score (nSPS) is 14.4. The zero-order valence-electron chi connectivity index (χ0n) is 33.2. The molecule has 0 bridgehead atoms. The van der Waals surface area contributed by atoms with Crippen LogP contribution in [0.5, 0.6) is 0 Å². The van der Waals surface area contributed by atoms with Gasteiger partial charge in [0.2, 0.25) is 5.91 Å². The lowest BCUT2D eigenvalue weighted by molar-refractivity contribution is -0.132. The van der Waals surface area contributed by atoms with Gasteiger partial charge in [-0.1, -0.05) is 186 Å². The van der Waals surface area contributed by atoms with Crippen molar-refractivity contribution in [1.82, 2.24) is 5.32 Å². The predicted molar refractivity (Wildman–Crippen MR) is 214 cm³/mol. The molecule has 4 unspecified atom stereocenters. The molecule has 0 radical (unpaired) electrons. The number of aliphatic hydroxyl groups is 4. The largest absolute Gasteiger partial charge is 0.394 e. The van der Waals surface area contributed by atoms with Gasteiger partial charge in [0.15, 0.2) is 0 Å².